The van der Waals surface area contributed by atoms with Crippen molar-refractivity contribution in [3.63, 3.8) is 0 Å². The summed E-state index contributed by atoms with van der Waals surface area (Å²) in [5.74, 6) is -0.0585. The van der Waals surface area contributed by atoms with Crippen LogP contribution >= 0.6 is 12.4 Å². The number of rotatable bonds is 3. The van der Waals surface area contributed by atoms with Gasteiger partial charge in [0.15, 0.2) is 0 Å². The Balaban J connectivity index is 0.00000182. The Morgan fingerprint density at radius 3 is 2.92 bits per heavy atom. The monoisotopic (exact) mass is 356 g/mol. The average molecular weight is 357 g/mol. The lowest BCUT2D eigenvalue weighted by Crippen LogP contribution is -2.23. The lowest BCUT2D eigenvalue weighted by atomic mass is 9.96. The minimum atomic E-state index is -0.0585. The van der Waals surface area contributed by atoms with Crippen molar-refractivity contribution in [3.05, 3.63) is 53.1 Å². The van der Waals surface area contributed by atoms with E-state index in [1.54, 1.807) is 0 Å². The molecule has 3 N–H and O–H groups in total. The van der Waals surface area contributed by atoms with Gasteiger partial charge in [-0.1, -0.05) is 12.1 Å². The summed E-state index contributed by atoms with van der Waals surface area (Å²) in [6, 6.07) is 12.2. The number of carbonyl (C=O) groups excluding carboxylic acids is 1. The summed E-state index contributed by atoms with van der Waals surface area (Å²) in [5, 5.41) is 14.8. The summed E-state index contributed by atoms with van der Waals surface area (Å²) in [7, 11) is 0. The van der Waals surface area contributed by atoms with Crippen molar-refractivity contribution in [1.82, 2.24) is 20.8 Å². The van der Waals surface area contributed by atoms with E-state index in [2.05, 4.69) is 39.0 Å². The molecule has 2 heterocycles. The first-order valence-corrected chi connectivity index (χ1v) is 8.35. The molecule has 0 saturated carbocycles. The Hall–Kier alpha value is -2.37. The number of hydrogen-bond donors (Lipinski definition) is 3. The van der Waals surface area contributed by atoms with E-state index < -0.39 is 0 Å². The lowest BCUT2D eigenvalue weighted by Gasteiger charge is -2.17. The smallest absolute Gasteiger partial charge is 0.251 e. The highest BCUT2D eigenvalue weighted by atomic mass is 35.5. The fraction of sp³-hybridized carbons (Fsp3) is 0.263. The van der Waals surface area contributed by atoms with Gasteiger partial charge in [0.05, 0.1) is 11.2 Å². The third-order valence-electron chi connectivity index (χ3n) is 4.53. The van der Waals surface area contributed by atoms with Crippen LogP contribution in [0.5, 0.6) is 0 Å². The van der Waals surface area contributed by atoms with E-state index in [0.717, 1.165) is 41.7 Å². The maximum absolute atomic E-state index is 12.0. The molecule has 3 aromatic rings. The predicted octanol–water partition coefficient (Wildman–Crippen LogP) is 3.05. The summed E-state index contributed by atoms with van der Waals surface area (Å²) in [6.45, 7) is 4.49. The fourth-order valence-electron chi connectivity index (χ4n) is 3.27. The minimum Gasteiger partial charge on any atom is -0.352 e. The largest absolute Gasteiger partial charge is 0.352 e. The van der Waals surface area contributed by atoms with Gasteiger partial charge < -0.3 is 10.6 Å². The molecular weight excluding hydrogens is 336 g/mol. The normalized spacial score (nSPS) is 13.2. The van der Waals surface area contributed by atoms with E-state index in [4.69, 9.17) is 0 Å². The first kappa shape index (κ1) is 17.5. The highest BCUT2D eigenvalue weighted by Gasteiger charge is 2.14. The first-order chi connectivity index (χ1) is 11.8. The standard InChI is InChI=1S/C19H20N4O.ClH/c1-2-21-19(24)14-5-6-16-17(10-14)22-23-18(16)13-3-4-15-11-20-8-7-12(15)9-13;/h3-6,9-10,20H,2,7-8,11H2,1H3,(H,21,24)(H,22,23);1H. The number of fused-ring (bicyclic) bond motifs is 2. The minimum absolute atomic E-state index is 0. The second-order valence-electron chi connectivity index (χ2n) is 6.10. The second kappa shape index (κ2) is 7.25. The van der Waals surface area contributed by atoms with Crippen molar-refractivity contribution in [1.29, 1.82) is 0 Å². The maximum atomic E-state index is 12.0. The van der Waals surface area contributed by atoms with E-state index in [1.807, 2.05) is 25.1 Å². The van der Waals surface area contributed by atoms with Crippen LogP contribution in [0.15, 0.2) is 36.4 Å². The van der Waals surface area contributed by atoms with Crippen LogP contribution in [-0.4, -0.2) is 29.2 Å². The lowest BCUT2D eigenvalue weighted by molar-refractivity contribution is 0.0956. The maximum Gasteiger partial charge on any atom is 0.251 e. The summed E-state index contributed by atoms with van der Waals surface area (Å²) >= 11 is 0. The van der Waals surface area contributed by atoms with Crippen molar-refractivity contribution in [2.45, 2.75) is 19.9 Å². The van der Waals surface area contributed by atoms with Gasteiger partial charge in [-0.05, 0) is 55.3 Å². The molecule has 0 saturated heterocycles. The van der Waals surface area contributed by atoms with Crippen LogP contribution < -0.4 is 10.6 Å². The molecule has 2 aromatic carbocycles. The third-order valence-corrected chi connectivity index (χ3v) is 4.53. The van der Waals surface area contributed by atoms with Crippen molar-refractivity contribution in [2.75, 3.05) is 13.1 Å². The predicted molar refractivity (Wildman–Crippen MR) is 102 cm³/mol. The zero-order valence-corrected chi connectivity index (χ0v) is 14.9. The molecular formula is C19H21ClN4O. The molecule has 4 rings (SSSR count). The van der Waals surface area contributed by atoms with Crippen LogP contribution in [0.3, 0.4) is 0 Å². The van der Waals surface area contributed by atoms with Crippen LogP contribution in [0.25, 0.3) is 22.2 Å². The SMILES string of the molecule is CCNC(=O)c1ccc2c(-c3ccc4c(c3)CCNC4)n[nH]c2c1.Cl. The number of benzene rings is 2. The number of carbonyl (C=O) groups is 1. The summed E-state index contributed by atoms with van der Waals surface area (Å²) in [5.41, 5.74) is 6.34. The molecule has 130 valence electrons. The van der Waals surface area contributed by atoms with E-state index in [9.17, 15) is 4.79 Å². The van der Waals surface area contributed by atoms with Gasteiger partial charge in [-0.25, -0.2) is 0 Å². The highest BCUT2D eigenvalue weighted by Crippen LogP contribution is 2.29. The van der Waals surface area contributed by atoms with Crippen LogP contribution in [0.2, 0.25) is 0 Å². The van der Waals surface area contributed by atoms with Gasteiger partial charge in [0.1, 0.15) is 0 Å². The zero-order valence-electron chi connectivity index (χ0n) is 14.1. The Bertz CT molecular complexity index is 919. The molecule has 0 unspecified atom stereocenters. The summed E-state index contributed by atoms with van der Waals surface area (Å²) in [6.07, 6.45) is 1.05. The summed E-state index contributed by atoms with van der Waals surface area (Å²) in [4.78, 5) is 12.0. The van der Waals surface area contributed by atoms with E-state index in [1.165, 1.54) is 11.1 Å². The molecule has 0 radical (unpaired) electrons. The molecule has 1 aliphatic heterocycles. The molecule has 5 nitrogen and oxygen atoms in total. The second-order valence-corrected chi connectivity index (χ2v) is 6.10. The molecule has 0 spiro atoms. The van der Waals surface area contributed by atoms with E-state index >= 15 is 0 Å². The van der Waals surface area contributed by atoms with Crippen LogP contribution in [-0.2, 0) is 13.0 Å². The van der Waals surface area contributed by atoms with Gasteiger partial charge >= 0.3 is 0 Å². The van der Waals surface area contributed by atoms with Gasteiger partial charge in [-0.3, -0.25) is 9.89 Å². The Morgan fingerprint density at radius 1 is 1.20 bits per heavy atom. The number of nitrogens with zero attached hydrogens (tertiary/aromatic N) is 1. The van der Waals surface area contributed by atoms with Gasteiger partial charge in [0.25, 0.3) is 5.91 Å². The van der Waals surface area contributed by atoms with E-state index in [0.29, 0.717) is 12.1 Å². The highest BCUT2D eigenvalue weighted by molar-refractivity contribution is 6.00. The topological polar surface area (TPSA) is 69.8 Å². The average Bonchev–Trinajstić information content (AvgIpc) is 3.04. The van der Waals surface area contributed by atoms with Crippen molar-refractivity contribution < 1.29 is 4.79 Å². The molecule has 1 aliphatic rings. The number of H-pyrrole nitrogens is 1. The van der Waals surface area contributed by atoms with Crippen molar-refractivity contribution in [2.24, 2.45) is 0 Å². The Labute approximate surface area is 152 Å². The molecule has 0 atom stereocenters. The van der Waals surface area contributed by atoms with Gasteiger partial charge in [-0.15, -0.1) is 12.4 Å². The van der Waals surface area contributed by atoms with Crippen molar-refractivity contribution >= 4 is 29.2 Å². The molecule has 0 bridgehead atoms. The van der Waals surface area contributed by atoms with Crippen LogP contribution in [0, 0.1) is 0 Å². The Morgan fingerprint density at radius 2 is 2.08 bits per heavy atom. The summed E-state index contributed by atoms with van der Waals surface area (Å²) < 4.78 is 0. The van der Waals surface area contributed by atoms with Crippen LogP contribution in [0.1, 0.15) is 28.4 Å². The third kappa shape index (κ3) is 3.25. The number of nitrogens with one attached hydrogen (secondary N) is 3. The van der Waals surface area contributed by atoms with Crippen molar-refractivity contribution in [3.8, 4) is 11.3 Å². The van der Waals surface area contributed by atoms with Gasteiger partial charge in [-0.2, -0.15) is 5.10 Å². The molecule has 0 fully saturated rings. The molecule has 0 aliphatic carbocycles. The molecule has 6 heteroatoms. The number of hydrogen-bond acceptors (Lipinski definition) is 3. The number of halogens is 1. The van der Waals surface area contributed by atoms with Gasteiger partial charge in [0, 0.05) is 29.6 Å². The molecule has 1 aromatic heterocycles. The fourth-order valence-corrected chi connectivity index (χ4v) is 3.27. The van der Waals surface area contributed by atoms with Crippen LogP contribution in [0.4, 0.5) is 0 Å². The Kier molecular flexibility index (Phi) is 5.06. The molecule has 1 amide bonds. The number of aromatic amines is 1. The van der Waals surface area contributed by atoms with Gasteiger partial charge in [0.2, 0.25) is 0 Å². The van der Waals surface area contributed by atoms with E-state index in [-0.39, 0.29) is 18.3 Å². The number of aromatic nitrogens is 2. The number of amides is 1. The zero-order chi connectivity index (χ0) is 16.5. The molecule has 25 heavy (non-hydrogen) atoms. The quantitative estimate of drug-likeness (QED) is 0.675. The first-order valence-electron chi connectivity index (χ1n) is 8.35.